The van der Waals surface area contributed by atoms with Crippen LogP contribution in [0.2, 0.25) is 0 Å². The van der Waals surface area contributed by atoms with Crippen molar-refractivity contribution < 1.29 is 19.3 Å². The number of terminal acetylenes is 1. The van der Waals surface area contributed by atoms with Crippen LogP contribution >= 0.6 is 0 Å². The lowest BCUT2D eigenvalue weighted by atomic mass is 10.1. The molecular formula is C13H11FN4O3. The highest BCUT2D eigenvalue weighted by molar-refractivity contribution is 5.65. The first-order valence-electron chi connectivity index (χ1n) is 6.25. The fourth-order valence-corrected chi connectivity index (χ4v) is 3.07. The Morgan fingerprint density at radius 3 is 2.95 bits per heavy atom. The topological polar surface area (TPSA) is 106 Å². The van der Waals surface area contributed by atoms with E-state index in [1.165, 1.54) is 10.8 Å². The van der Waals surface area contributed by atoms with E-state index < -0.39 is 29.6 Å². The smallest absolute Gasteiger partial charge is 0.192 e. The molecule has 2 aromatic heterocycles. The number of hydrogen-bond donors (Lipinski definition) is 3. The standard InChI is InChI=1S/C13H11FN4O3/c1-2-12-11(19)13(12,20)9(14)8(21-12)6-3-4-7-10(15)16-5-17-18(6)7/h1,3-5,8-9,11,19-20H,(H2,15,16,17)/t8-,9-,11?,12+,13+/m0/s1. The molecule has 2 fully saturated rings. The second-order valence-electron chi connectivity index (χ2n) is 5.25. The van der Waals surface area contributed by atoms with Crippen molar-refractivity contribution in [1.29, 1.82) is 0 Å². The lowest BCUT2D eigenvalue weighted by Crippen LogP contribution is -2.31. The van der Waals surface area contributed by atoms with E-state index in [0.717, 1.165) is 0 Å². The zero-order valence-electron chi connectivity index (χ0n) is 10.6. The fourth-order valence-electron chi connectivity index (χ4n) is 3.07. The molecule has 0 radical (unpaired) electrons. The summed E-state index contributed by atoms with van der Waals surface area (Å²) in [6.07, 6.45) is 2.06. The fraction of sp³-hybridized carbons (Fsp3) is 0.385. The Morgan fingerprint density at radius 2 is 2.29 bits per heavy atom. The number of fused-ring (bicyclic) bond motifs is 2. The Morgan fingerprint density at radius 1 is 1.52 bits per heavy atom. The van der Waals surface area contributed by atoms with Gasteiger partial charge in [0.05, 0.1) is 5.69 Å². The Labute approximate surface area is 118 Å². The molecule has 1 aliphatic heterocycles. The predicted molar refractivity (Wildman–Crippen MR) is 68.6 cm³/mol. The summed E-state index contributed by atoms with van der Waals surface area (Å²) in [4.78, 5) is 3.84. The maximum absolute atomic E-state index is 14.6. The van der Waals surface area contributed by atoms with Gasteiger partial charge >= 0.3 is 0 Å². The van der Waals surface area contributed by atoms with Gasteiger partial charge in [-0.25, -0.2) is 13.9 Å². The molecule has 8 heteroatoms. The first-order chi connectivity index (χ1) is 9.97. The SMILES string of the molecule is C#C[C@]12O[C@@H](c3ccc4c(N)ncnn34)[C@H](F)[C@@]1(O)C2O. The molecule has 1 unspecified atom stereocenters. The van der Waals surface area contributed by atoms with Crippen LogP contribution in [-0.4, -0.2) is 48.3 Å². The van der Waals surface area contributed by atoms with Crippen LogP contribution in [0.4, 0.5) is 10.2 Å². The third-order valence-corrected chi connectivity index (χ3v) is 4.33. The number of halogens is 1. The maximum atomic E-state index is 14.6. The van der Waals surface area contributed by atoms with Gasteiger partial charge in [-0.05, 0) is 12.1 Å². The van der Waals surface area contributed by atoms with E-state index in [1.807, 2.05) is 0 Å². The minimum Gasteiger partial charge on any atom is -0.386 e. The van der Waals surface area contributed by atoms with E-state index in [0.29, 0.717) is 11.2 Å². The molecule has 0 spiro atoms. The molecule has 4 N–H and O–H groups in total. The molecule has 2 aliphatic rings. The van der Waals surface area contributed by atoms with Crippen molar-refractivity contribution >= 4 is 11.3 Å². The normalized spacial score (nSPS) is 41.0. The summed E-state index contributed by atoms with van der Waals surface area (Å²) in [6, 6.07) is 3.19. The van der Waals surface area contributed by atoms with Crippen molar-refractivity contribution in [2.24, 2.45) is 0 Å². The maximum Gasteiger partial charge on any atom is 0.192 e. The van der Waals surface area contributed by atoms with Gasteiger partial charge in [-0.1, -0.05) is 5.92 Å². The quantitative estimate of drug-likeness (QED) is 0.594. The number of hydrogen-bond acceptors (Lipinski definition) is 6. The first kappa shape index (κ1) is 12.5. The lowest BCUT2D eigenvalue weighted by molar-refractivity contribution is -0.0433. The number of rotatable bonds is 1. The van der Waals surface area contributed by atoms with Gasteiger partial charge in [0.25, 0.3) is 0 Å². The Kier molecular flexibility index (Phi) is 2.09. The van der Waals surface area contributed by atoms with Crippen molar-refractivity contribution in [3.8, 4) is 12.3 Å². The number of nitrogens with two attached hydrogens (primary N) is 1. The molecule has 21 heavy (non-hydrogen) atoms. The Bertz CT molecular complexity index is 802. The van der Waals surface area contributed by atoms with Crippen molar-refractivity contribution in [3.05, 3.63) is 24.2 Å². The predicted octanol–water partition coefficient (Wildman–Crippen LogP) is -0.802. The third-order valence-electron chi connectivity index (χ3n) is 4.33. The van der Waals surface area contributed by atoms with Gasteiger partial charge in [0.1, 0.15) is 24.1 Å². The van der Waals surface area contributed by atoms with Gasteiger partial charge in [0.2, 0.25) is 0 Å². The summed E-state index contributed by atoms with van der Waals surface area (Å²) in [5.41, 5.74) is 2.75. The highest BCUT2D eigenvalue weighted by atomic mass is 19.1. The number of anilines is 1. The van der Waals surface area contributed by atoms with Crippen LogP contribution in [0.1, 0.15) is 11.8 Å². The first-order valence-corrected chi connectivity index (χ1v) is 6.25. The van der Waals surface area contributed by atoms with Crippen LogP contribution in [0, 0.1) is 12.3 Å². The van der Waals surface area contributed by atoms with Crippen molar-refractivity contribution in [2.75, 3.05) is 5.73 Å². The number of alkyl halides is 1. The van der Waals surface area contributed by atoms with Gasteiger partial charge in [-0.2, -0.15) is 5.10 Å². The van der Waals surface area contributed by atoms with Crippen LogP contribution in [-0.2, 0) is 4.74 Å². The second kappa shape index (κ2) is 3.51. The molecule has 5 atom stereocenters. The number of ether oxygens (including phenoxy) is 1. The highest BCUT2D eigenvalue weighted by Gasteiger charge is 2.88. The van der Waals surface area contributed by atoms with Gasteiger partial charge in [0, 0.05) is 0 Å². The van der Waals surface area contributed by atoms with E-state index in [4.69, 9.17) is 16.9 Å². The molecule has 0 aromatic carbocycles. The van der Waals surface area contributed by atoms with Crippen LogP contribution in [0.3, 0.4) is 0 Å². The lowest BCUT2D eigenvalue weighted by Gasteiger charge is -2.19. The van der Waals surface area contributed by atoms with Crippen LogP contribution in [0.5, 0.6) is 0 Å². The summed E-state index contributed by atoms with van der Waals surface area (Å²) in [7, 11) is 0. The zero-order valence-corrected chi connectivity index (χ0v) is 10.6. The molecule has 1 saturated carbocycles. The molecule has 4 rings (SSSR count). The number of aromatic nitrogens is 3. The van der Waals surface area contributed by atoms with Gasteiger partial charge < -0.3 is 20.7 Å². The average molecular weight is 290 g/mol. The number of nitrogens with zero attached hydrogens (tertiary/aromatic N) is 3. The molecule has 7 nitrogen and oxygen atoms in total. The third kappa shape index (κ3) is 1.16. The molecule has 108 valence electrons. The van der Waals surface area contributed by atoms with E-state index >= 15 is 0 Å². The van der Waals surface area contributed by atoms with Gasteiger partial charge in [-0.3, -0.25) is 0 Å². The van der Waals surface area contributed by atoms with E-state index in [2.05, 4.69) is 16.0 Å². The van der Waals surface area contributed by atoms with Crippen molar-refractivity contribution in [2.45, 2.75) is 29.6 Å². The number of aliphatic hydroxyl groups excluding tert-OH is 1. The Balaban J connectivity index is 1.82. The van der Waals surface area contributed by atoms with Crippen LogP contribution in [0.15, 0.2) is 18.5 Å². The number of nitrogen functional groups attached to an aromatic ring is 1. The Hall–Kier alpha value is -2.21. The van der Waals surface area contributed by atoms with Gasteiger partial charge in [0.15, 0.2) is 23.2 Å². The van der Waals surface area contributed by atoms with E-state index in [-0.39, 0.29) is 5.82 Å². The molecule has 2 aromatic rings. The summed E-state index contributed by atoms with van der Waals surface area (Å²) in [5.74, 6) is 2.39. The average Bonchev–Trinajstić information content (AvgIpc) is 2.82. The largest absolute Gasteiger partial charge is 0.386 e. The second-order valence-corrected chi connectivity index (χ2v) is 5.25. The number of aliphatic hydroxyl groups is 2. The summed E-state index contributed by atoms with van der Waals surface area (Å²) >= 11 is 0. The monoisotopic (exact) mass is 290 g/mol. The molecule has 0 amide bonds. The molecule has 3 heterocycles. The minimum atomic E-state index is -2.09. The zero-order chi connectivity index (χ0) is 15.0. The molecule has 1 aliphatic carbocycles. The summed E-state index contributed by atoms with van der Waals surface area (Å²) in [6.45, 7) is 0. The summed E-state index contributed by atoms with van der Waals surface area (Å²) in [5, 5.41) is 23.9. The summed E-state index contributed by atoms with van der Waals surface area (Å²) < 4.78 is 21.4. The minimum absolute atomic E-state index is 0.236. The van der Waals surface area contributed by atoms with Crippen molar-refractivity contribution in [1.82, 2.24) is 14.6 Å². The van der Waals surface area contributed by atoms with Gasteiger partial charge in [-0.15, -0.1) is 6.42 Å². The van der Waals surface area contributed by atoms with Crippen molar-refractivity contribution in [3.63, 3.8) is 0 Å². The molecule has 1 saturated heterocycles. The van der Waals surface area contributed by atoms with Crippen LogP contribution < -0.4 is 5.73 Å². The molecule has 0 bridgehead atoms. The highest BCUT2D eigenvalue weighted by Crippen LogP contribution is 2.64. The molecular weight excluding hydrogens is 279 g/mol. The van der Waals surface area contributed by atoms with E-state index in [9.17, 15) is 14.6 Å². The van der Waals surface area contributed by atoms with Crippen LogP contribution in [0.25, 0.3) is 5.52 Å². The van der Waals surface area contributed by atoms with E-state index in [1.54, 1.807) is 12.1 Å².